The Morgan fingerprint density at radius 1 is 1.00 bits per heavy atom. The summed E-state index contributed by atoms with van der Waals surface area (Å²) < 4.78 is 9.92. The molecule has 0 aromatic heterocycles. The number of hydrogen-bond acceptors (Lipinski definition) is 4. The lowest BCUT2D eigenvalue weighted by molar-refractivity contribution is -0.148. The third kappa shape index (κ3) is 4.06. The van der Waals surface area contributed by atoms with Gasteiger partial charge in [0.1, 0.15) is 13.2 Å². The Morgan fingerprint density at radius 2 is 1.41 bits per heavy atom. The van der Waals surface area contributed by atoms with Crippen molar-refractivity contribution in [2.45, 2.75) is 19.3 Å². The molecule has 1 rings (SSSR count). The van der Waals surface area contributed by atoms with Gasteiger partial charge in [0.25, 0.3) is 0 Å². The van der Waals surface area contributed by atoms with Gasteiger partial charge in [-0.15, -0.1) is 0 Å². The maximum Gasteiger partial charge on any atom is 0.309 e. The molecule has 1 fully saturated rings. The van der Waals surface area contributed by atoms with Crippen LogP contribution in [0.4, 0.5) is 0 Å². The van der Waals surface area contributed by atoms with Crippen LogP contribution in [-0.2, 0) is 19.1 Å². The van der Waals surface area contributed by atoms with Crippen LogP contribution in [0.15, 0.2) is 25.3 Å². The minimum atomic E-state index is -0.246. The monoisotopic (exact) mass is 238 g/mol. The van der Waals surface area contributed by atoms with Crippen molar-refractivity contribution in [1.29, 1.82) is 0 Å². The Hall–Kier alpha value is -1.58. The zero-order valence-electron chi connectivity index (χ0n) is 9.89. The number of rotatable bonds is 6. The first-order valence-electron chi connectivity index (χ1n) is 5.74. The molecular weight excluding hydrogens is 220 g/mol. The molecule has 0 radical (unpaired) electrons. The maximum atomic E-state index is 11.5. The fourth-order valence-corrected chi connectivity index (χ4v) is 1.93. The molecule has 2 unspecified atom stereocenters. The zero-order valence-corrected chi connectivity index (χ0v) is 9.89. The Kier molecular flexibility index (Phi) is 5.46. The number of ether oxygens (including phenoxy) is 2. The normalized spacial score (nSPS) is 22.8. The summed E-state index contributed by atoms with van der Waals surface area (Å²) in [6.07, 6.45) is 4.95. The van der Waals surface area contributed by atoms with Crippen molar-refractivity contribution >= 4 is 11.9 Å². The summed E-state index contributed by atoms with van der Waals surface area (Å²) in [6, 6.07) is 0. The van der Waals surface area contributed by atoms with E-state index in [4.69, 9.17) is 9.47 Å². The smallest absolute Gasteiger partial charge is 0.309 e. The SMILES string of the molecule is C=CCOC(=O)C1CCC(C(=O)OCC=C)C1. The van der Waals surface area contributed by atoms with Crippen LogP contribution in [0.2, 0.25) is 0 Å². The van der Waals surface area contributed by atoms with Gasteiger partial charge >= 0.3 is 11.9 Å². The Bertz CT molecular complexity index is 279. The van der Waals surface area contributed by atoms with Crippen LogP contribution in [0.3, 0.4) is 0 Å². The molecule has 2 atom stereocenters. The molecule has 1 saturated carbocycles. The zero-order chi connectivity index (χ0) is 12.7. The first-order chi connectivity index (χ1) is 8.19. The van der Waals surface area contributed by atoms with E-state index in [9.17, 15) is 9.59 Å². The van der Waals surface area contributed by atoms with Crippen molar-refractivity contribution in [2.24, 2.45) is 11.8 Å². The van der Waals surface area contributed by atoms with Gasteiger partial charge in [-0.05, 0) is 19.3 Å². The lowest BCUT2D eigenvalue weighted by Crippen LogP contribution is -2.18. The molecule has 0 aromatic carbocycles. The second-order valence-corrected chi connectivity index (χ2v) is 4.04. The molecule has 0 spiro atoms. The summed E-state index contributed by atoms with van der Waals surface area (Å²) in [5, 5.41) is 0. The minimum absolute atomic E-state index is 0.184. The van der Waals surface area contributed by atoms with Crippen LogP contribution in [0.5, 0.6) is 0 Å². The average molecular weight is 238 g/mol. The van der Waals surface area contributed by atoms with E-state index in [0.29, 0.717) is 19.3 Å². The largest absolute Gasteiger partial charge is 0.461 e. The van der Waals surface area contributed by atoms with E-state index in [-0.39, 0.29) is 37.0 Å². The predicted octanol–water partition coefficient (Wildman–Crippen LogP) is 1.86. The second kappa shape index (κ2) is 6.89. The molecule has 0 N–H and O–H groups in total. The van der Waals surface area contributed by atoms with E-state index in [1.807, 2.05) is 0 Å². The molecule has 0 saturated heterocycles. The van der Waals surface area contributed by atoms with Crippen LogP contribution >= 0.6 is 0 Å². The van der Waals surface area contributed by atoms with E-state index >= 15 is 0 Å². The summed E-state index contributed by atoms with van der Waals surface area (Å²) in [4.78, 5) is 23.1. The molecule has 0 bridgehead atoms. The summed E-state index contributed by atoms with van der Waals surface area (Å²) in [5.74, 6) is -0.861. The number of carbonyl (C=O) groups excluding carboxylic acids is 2. The Morgan fingerprint density at radius 3 is 1.76 bits per heavy atom. The molecule has 4 heteroatoms. The minimum Gasteiger partial charge on any atom is -0.461 e. The van der Waals surface area contributed by atoms with Gasteiger partial charge in [0, 0.05) is 0 Å². The summed E-state index contributed by atoms with van der Waals surface area (Å²) in [5.41, 5.74) is 0. The van der Waals surface area contributed by atoms with Crippen LogP contribution < -0.4 is 0 Å². The van der Waals surface area contributed by atoms with E-state index in [2.05, 4.69) is 13.2 Å². The lowest BCUT2D eigenvalue weighted by atomic mass is 10.1. The average Bonchev–Trinajstić information content (AvgIpc) is 2.82. The van der Waals surface area contributed by atoms with Gasteiger partial charge in [-0.3, -0.25) is 9.59 Å². The van der Waals surface area contributed by atoms with Crippen LogP contribution in [0, 0.1) is 11.8 Å². The van der Waals surface area contributed by atoms with Crippen LogP contribution in [0.1, 0.15) is 19.3 Å². The van der Waals surface area contributed by atoms with Crippen LogP contribution in [-0.4, -0.2) is 25.2 Å². The molecular formula is C13H18O4. The van der Waals surface area contributed by atoms with Crippen molar-refractivity contribution in [3.05, 3.63) is 25.3 Å². The van der Waals surface area contributed by atoms with Gasteiger partial charge in [-0.1, -0.05) is 25.3 Å². The van der Waals surface area contributed by atoms with Crippen LogP contribution in [0.25, 0.3) is 0 Å². The fraction of sp³-hybridized carbons (Fsp3) is 0.538. The molecule has 0 heterocycles. The van der Waals surface area contributed by atoms with Crippen molar-refractivity contribution in [3.8, 4) is 0 Å². The van der Waals surface area contributed by atoms with Gasteiger partial charge in [0.05, 0.1) is 11.8 Å². The molecule has 1 aliphatic carbocycles. The first-order valence-corrected chi connectivity index (χ1v) is 5.74. The molecule has 0 aromatic rings. The molecule has 1 aliphatic rings. The fourth-order valence-electron chi connectivity index (χ4n) is 1.93. The first kappa shape index (κ1) is 13.5. The highest BCUT2D eigenvalue weighted by molar-refractivity contribution is 5.77. The molecule has 0 amide bonds. The standard InChI is InChI=1S/C13H18O4/c1-3-7-16-12(14)10-5-6-11(9-10)13(15)17-8-4-2/h3-4,10-11H,1-2,5-9H2. The predicted molar refractivity (Wildman–Crippen MR) is 63.1 cm³/mol. The van der Waals surface area contributed by atoms with Crippen molar-refractivity contribution < 1.29 is 19.1 Å². The van der Waals surface area contributed by atoms with E-state index in [1.54, 1.807) is 0 Å². The third-order valence-corrected chi connectivity index (χ3v) is 2.79. The Balaban J connectivity index is 2.35. The van der Waals surface area contributed by atoms with Gasteiger partial charge in [0.15, 0.2) is 0 Å². The van der Waals surface area contributed by atoms with Crippen molar-refractivity contribution in [1.82, 2.24) is 0 Å². The third-order valence-electron chi connectivity index (χ3n) is 2.79. The highest BCUT2D eigenvalue weighted by Gasteiger charge is 2.35. The van der Waals surface area contributed by atoms with Crippen molar-refractivity contribution in [3.63, 3.8) is 0 Å². The highest BCUT2D eigenvalue weighted by Crippen LogP contribution is 2.32. The molecule has 4 nitrogen and oxygen atoms in total. The number of hydrogen-bond donors (Lipinski definition) is 0. The van der Waals surface area contributed by atoms with Gasteiger partial charge in [0.2, 0.25) is 0 Å². The van der Waals surface area contributed by atoms with Gasteiger partial charge in [-0.25, -0.2) is 0 Å². The van der Waals surface area contributed by atoms with Crippen molar-refractivity contribution in [2.75, 3.05) is 13.2 Å². The molecule has 0 aliphatic heterocycles. The second-order valence-electron chi connectivity index (χ2n) is 4.04. The van der Waals surface area contributed by atoms with E-state index < -0.39 is 0 Å². The van der Waals surface area contributed by atoms with E-state index in [1.165, 1.54) is 12.2 Å². The highest BCUT2D eigenvalue weighted by atomic mass is 16.5. The lowest BCUT2D eigenvalue weighted by Gasteiger charge is -2.10. The van der Waals surface area contributed by atoms with Gasteiger partial charge < -0.3 is 9.47 Å². The number of carbonyl (C=O) groups is 2. The summed E-state index contributed by atoms with van der Waals surface area (Å²) >= 11 is 0. The maximum absolute atomic E-state index is 11.5. The quantitative estimate of drug-likeness (QED) is 0.523. The van der Waals surface area contributed by atoms with E-state index in [0.717, 1.165) is 0 Å². The summed E-state index contributed by atoms with van der Waals surface area (Å²) in [7, 11) is 0. The summed E-state index contributed by atoms with van der Waals surface area (Å²) in [6.45, 7) is 7.40. The van der Waals surface area contributed by atoms with Gasteiger partial charge in [-0.2, -0.15) is 0 Å². The molecule has 17 heavy (non-hydrogen) atoms. The number of esters is 2. The molecule has 94 valence electrons. The topological polar surface area (TPSA) is 52.6 Å². The Labute approximate surface area is 101 Å².